The molecule has 7 heteroatoms. The van der Waals surface area contributed by atoms with Crippen LogP contribution >= 0.6 is 12.2 Å². The summed E-state index contributed by atoms with van der Waals surface area (Å²) in [6.07, 6.45) is 0. The van der Waals surface area contributed by atoms with Crippen molar-refractivity contribution in [3.8, 4) is 0 Å². The Bertz CT molecular complexity index is 848. The highest BCUT2D eigenvalue weighted by Crippen LogP contribution is 2.19. The maximum Gasteiger partial charge on any atom is 0.253 e. The second-order valence-electron chi connectivity index (χ2n) is 7.04. The number of likely N-dealkylation sites (N-methyl/N-ethyl adjacent to an activating group) is 1. The molecule has 2 aromatic rings. The zero-order chi connectivity index (χ0) is 20.0. The number of pyridine rings is 1. The average molecular weight is 391 g/mol. The summed E-state index contributed by atoms with van der Waals surface area (Å²) in [5, 5.41) is 4.88. The van der Waals surface area contributed by atoms with Crippen molar-refractivity contribution >= 4 is 28.2 Å². The van der Waals surface area contributed by atoms with Crippen LogP contribution in [0.5, 0.6) is 0 Å². The van der Waals surface area contributed by atoms with Gasteiger partial charge in [-0.05, 0) is 62.7 Å². The number of thiocarbonyl (C=S) groups is 1. The normalized spacial score (nSPS) is 11.2. The number of nitrogens with zero attached hydrogens (tertiary/aromatic N) is 2. The summed E-state index contributed by atoms with van der Waals surface area (Å²) in [5.41, 5.74) is 3.83. The lowest BCUT2D eigenvalue weighted by Crippen LogP contribution is -2.44. The molecule has 0 spiro atoms. The molecule has 0 aliphatic rings. The lowest BCUT2D eigenvalue weighted by Gasteiger charge is -2.27. The number of hydrogen-bond donors (Lipinski definition) is 2. The lowest BCUT2D eigenvalue weighted by molar-refractivity contribution is 0.202. The second-order valence-corrected chi connectivity index (χ2v) is 7.43. The molecular formula is C20H30N4O2S. The highest BCUT2D eigenvalue weighted by atomic mass is 32.1. The quantitative estimate of drug-likeness (QED) is 0.531. The van der Waals surface area contributed by atoms with Crippen molar-refractivity contribution in [2.24, 2.45) is 0 Å². The molecule has 0 unspecified atom stereocenters. The molecule has 0 bridgehead atoms. The minimum absolute atomic E-state index is 0.0641. The van der Waals surface area contributed by atoms with E-state index < -0.39 is 0 Å². The minimum atomic E-state index is -0.0641. The van der Waals surface area contributed by atoms with Gasteiger partial charge in [0.15, 0.2) is 5.11 Å². The summed E-state index contributed by atoms with van der Waals surface area (Å²) in [6, 6.07) is 6.11. The van der Waals surface area contributed by atoms with Crippen molar-refractivity contribution in [1.82, 2.24) is 20.1 Å². The molecule has 2 N–H and O–H groups in total. The van der Waals surface area contributed by atoms with Gasteiger partial charge in [0.1, 0.15) is 0 Å². The van der Waals surface area contributed by atoms with Crippen LogP contribution < -0.4 is 10.9 Å². The van der Waals surface area contributed by atoms with Crippen LogP contribution in [0.1, 0.15) is 16.7 Å². The van der Waals surface area contributed by atoms with Gasteiger partial charge in [0.25, 0.3) is 5.56 Å². The van der Waals surface area contributed by atoms with Crippen molar-refractivity contribution in [1.29, 1.82) is 0 Å². The number of aryl methyl sites for hydroxylation is 2. The van der Waals surface area contributed by atoms with Crippen molar-refractivity contribution in [2.45, 2.75) is 20.4 Å². The number of H-pyrrole nitrogens is 1. The molecule has 1 aromatic carbocycles. The Hall–Kier alpha value is -1.96. The van der Waals surface area contributed by atoms with E-state index in [2.05, 4.69) is 27.3 Å². The molecule has 0 saturated heterocycles. The van der Waals surface area contributed by atoms with Gasteiger partial charge in [-0.2, -0.15) is 0 Å². The molecule has 0 aliphatic heterocycles. The predicted octanol–water partition coefficient (Wildman–Crippen LogP) is 2.03. The predicted molar refractivity (Wildman–Crippen MR) is 115 cm³/mol. The SMILES string of the molecule is COCCNC(=S)N(CCN(C)C)Cc1cc2ccc(C)c(C)c2[nH]c1=O. The molecule has 1 aromatic heterocycles. The Morgan fingerprint density at radius 2 is 2.00 bits per heavy atom. The van der Waals surface area contributed by atoms with Gasteiger partial charge in [0.05, 0.1) is 18.7 Å². The van der Waals surface area contributed by atoms with E-state index in [1.807, 2.05) is 38.9 Å². The number of aromatic nitrogens is 1. The van der Waals surface area contributed by atoms with Gasteiger partial charge in [-0.3, -0.25) is 4.79 Å². The molecular weight excluding hydrogens is 360 g/mol. The van der Waals surface area contributed by atoms with Gasteiger partial charge >= 0.3 is 0 Å². The fourth-order valence-electron chi connectivity index (χ4n) is 2.84. The third-order valence-corrected chi connectivity index (χ3v) is 5.08. The largest absolute Gasteiger partial charge is 0.383 e. The first-order chi connectivity index (χ1) is 12.8. The molecule has 0 saturated carbocycles. The van der Waals surface area contributed by atoms with Gasteiger partial charge in [0, 0.05) is 32.3 Å². The topological polar surface area (TPSA) is 60.6 Å². The summed E-state index contributed by atoms with van der Waals surface area (Å²) in [4.78, 5) is 19.9. The summed E-state index contributed by atoms with van der Waals surface area (Å²) < 4.78 is 5.07. The zero-order valence-corrected chi connectivity index (χ0v) is 17.7. The van der Waals surface area contributed by atoms with Crippen LogP contribution in [0, 0.1) is 13.8 Å². The monoisotopic (exact) mass is 390 g/mol. The first-order valence-corrected chi connectivity index (χ1v) is 9.53. The lowest BCUT2D eigenvalue weighted by atomic mass is 10.0. The zero-order valence-electron chi connectivity index (χ0n) is 16.9. The number of benzene rings is 1. The standard InChI is InChI=1S/C20H30N4O2S/c1-14-6-7-16-12-17(19(25)22-18(16)15(14)2)13-24(10-9-23(3)4)20(27)21-8-11-26-5/h6-7,12H,8-11,13H2,1-5H3,(H,21,27)(H,22,25). The fourth-order valence-corrected chi connectivity index (χ4v) is 3.10. The van der Waals surface area contributed by atoms with Crippen LogP contribution in [0.4, 0.5) is 0 Å². The number of rotatable bonds is 8. The molecule has 0 atom stereocenters. The fraction of sp³-hybridized carbons (Fsp3) is 0.500. The molecule has 6 nitrogen and oxygen atoms in total. The molecule has 148 valence electrons. The van der Waals surface area contributed by atoms with Crippen LogP contribution in [0.15, 0.2) is 23.0 Å². The molecule has 0 amide bonds. The highest BCUT2D eigenvalue weighted by molar-refractivity contribution is 7.80. The van der Waals surface area contributed by atoms with Crippen LogP contribution in [-0.2, 0) is 11.3 Å². The number of hydrogen-bond acceptors (Lipinski definition) is 4. The first kappa shape index (κ1) is 21.3. The molecule has 0 radical (unpaired) electrons. The molecule has 1 heterocycles. The Balaban J connectivity index is 2.27. The smallest absolute Gasteiger partial charge is 0.253 e. The van der Waals surface area contributed by atoms with Crippen LogP contribution in [-0.4, -0.2) is 67.3 Å². The number of methoxy groups -OCH3 is 1. The van der Waals surface area contributed by atoms with Crippen LogP contribution in [0.25, 0.3) is 10.9 Å². The van der Waals surface area contributed by atoms with E-state index in [1.54, 1.807) is 7.11 Å². The van der Waals surface area contributed by atoms with Crippen molar-refractivity contribution in [2.75, 3.05) is 47.4 Å². The highest BCUT2D eigenvalue weighted by Gasteiger charge is 2.14. The summed E-state index contributed by atoms with van der Waals surface area (Å²) in [7, 11) is 5.70. The van der Waals surface area contributed by atoms with E-state index >= 15 is 0 Å². The third kappa shape index (κ3) is 5.76. The number of ether oxygens (including phenoxy) is 1. The van der Waals surface area contributed by atoms with E-state index in [4.69, 9.17) is 17.0 Å². The van der Waals surface area contributed by atoms with Crippen molar-refractivity contribution in [3.05, 3.63) is 45.2 Å². The summed E-state index contributed by atoms with van der Waals surface area (Å²) in [5.74, 6) is 0. The maximum atomic E-state index is 12.7. The average Bonchev–Trinajstić information content (AvgIpc) is 2.62. The van der Waals surface area contributed by atoms with Gasteiger partial charge in [-0.25, -0.2) is 0 Å². The van der Waals surface area contributed by atoms with E-state index in [-0.39, 0.29) is 5.56 Å². The maximum absolute atomic E-state index is 12.7. The third-order valence-electron chi connectivity index (χ3n) is 4.68. The van der Waals surface area contributed by atoms with E-state index in [9.17, 15) is 4.79 Å². The number of fused-ring (bicyclic) bond motifs is 1. The molecule has 2 rings (SSSR count). The first-order valence-electron chi connectivity index (χ1n) is 9.12. The Labute approximate surface area is 166 Å². The Morgan fingerprint density at radius 3 is 2.67 bits per heavy atom. The minimum Gasteiger partial charge on any atom is -0.383 e. The van der Waals surface area contributed by atoms with E-state index in [0.29, 0.717) is 30.4 Å². The Kier molecular flexibility index (Phi) is 7.77. The van der Waals surface area contributed by atoms with Gasteiger partial charge in [-0.1, -0.05) is 12.1 Å². The molecule has 0 aliphatic carbocycles. The summed E-state index contributed by atoms with van der Waals surface area (Å²) >= 11 is 5.55. The molecule has 27 heavy (non-hydrogen) atoms. The van der Waals surface area contributed by atoms with E-state index in [1.165, 1.54) is 5.56 Å². The van der Waals surface area contributed by atoms with Crippen molar-refractivity contribution < 1.29 is 4.74 Å². The van der Waals surface area contributed by atoms with Gasteiger partial charge < -0.3 is 24.8 Å². The van der Waals surface area contributed by atoms with Crippen LogP contribution in [0.2, 0.25) is 0 Å². The molecule has 0 fully saturated rings. The van der Waals surface area contributed by atoms with Gasteiger partial charge in [0.2, 0.25) is 0 Å². The number of nitrogens with one attached hydrogen (secondary N) is 2. The van der Waals surface area contributed by atoms with Crippen LogP contribution in [0.3, 0.4) is 0 Å². The van der Waals surface area contributed by atoms with E-state index in [0.717, 1.165) is 29.6 Å². The Morgan fingerprint density at radius 1 is 1.26 bits per heavy atom. The number of aromatic amines is 1. The van der Waals surface area contributed by atoms with Crippen molar-refractivity contribution in [3.63, 3.8) is 0 Å². The second kappa shape index (κ2) is 9.82. The summed E-state index contributed by atoms with van der Waals surface area (Å²) in [6.45, 7) is 7.34. The van der Waals surface area contributed by atoms with Gasteiger partial charge in [-0.15, -0.1) is 0 Å².